The summed E-state index contributed by atoms with van der Waals surface area (Å²) in [7, 11) is 1.60. The Morgan fingerprint density at radius 1 is 1.48 bits per heavy atom. The molecule has 1 heterocycles. The van der Waals surface area contributed by atoms with E-state index in [1.165, 1.54) is 0 Å². The maximum atomic E-state index is 12.0. The molecule has 1 saturated heterocycles. The molecular formula is C17H27N3O3. The van der Waals surface area contributed by atoms with Crippen molar-refractivity contribution in [3.05, 3.63) is 23.8 Å². The molecule has 128 valence electrons. The van der Waals surface area contributed by atoms with Crippen molar-refractivity contribution >= 4 is 11.7 Å². The summed E-state index contributed by atoms with van der Waals surface area (Å²) >= 11 is 0. The molecule has 23 heavy (non-hydrogen) atoms. The van der Waals surface area contributed by atoms with Crippen molar-refractivity contribution in [2.75, 3.05) is 45.2 Å². The van der Waals surface area contributed by atoms with Crippen LogP contribution in [0.1, 0.15) is 18.4 Å². The zero-order valence-corrected chi connectivity index (χ0v) is 14.0. The zero-order valence-electron chi connectivity index (χ0n) is 14.0. The van der Waals surface area contributed by atoms with E-state index < -0.39 is 0 Å². The number of hydrogen-bond acceptors (Lipinski definition) is 4. The molecule has 1 aliphatic rings. The minimum Gasteiger partial charge on any atom is -0.497 e. The number of piperidine rings is 1. The van der Waals surface area contributed by atoms with Gasteiger partial charge in [-0.2, -0.15) is 0 Å². The van der Waals surface area contributed by atoms with E-state index in [2.05, 4.69) is 15.5 Å². The Bertz CT molecular complexity index is 522. The van der Waals surface area contributed by atoms with E-state index in [9.17, 15) is 9.90 Å². The highest BCUT2D eigenvalue weighted by Crippen LogP contribution is 2.21. The van der Waals surface area contributed by atoms with E-state index in [0.29, 0.717) is 18.2 Å². The Morgan fingerprint density at radius 3 is 3.04 bits per heavy atom. The monoisotopic (exact) mass is 321 g/mol. The van der Waals surface area contributed by atoms with Gasteiger partial charge >= 0.3 is 6.03 Å². The highest BCUT2D eigenvalue weighted by molar-refractivity contribution is 5.90. The first-order valence-electron chi connectivity index (χ1n) is 8.15. The average molecular weight is 321 g/mol. The summed E-state index contributed by atoms with van der Waals surface area (Å²) in [5, 5.41) is 15.0. The molecule has 3 N–H and O–H groups in total. The molecule has 0 bridgehead atoms. The minimum atomic E-state index is -0.211. The quantitative estimate of drug-likeness (QED) is 0.747. The van der Waals surface area contributed by atoms with Gasteiger partial charge in [0.2, 0.25) is 0 Å². The summed E-state index contributed by atoms with van der Waals surface area (Å²) < 4.78 is 5.17. The van der Waals surface area contributed by atoms with Crippen LogP contribution in [0, 0.1) is 12.8 Å². The molecule has 0 aromatic heterocycles. The smallest absolute Gasteiger partial charge is 0.319 e. The molecule has 1 atom stereocenters. The Balaban J connectivity index is 1.75. The van der Waals surface area contributed by atoms with Gasteiger partial charge < -0.3 is 25.4 Å². The summed E-state index contributed by atoms with van der Waals surface area (Å²) in [6, 6.07) is 5.38. The van der Waals surface area contributed by atoms with E-state index in [1.54, 1.807) is 7.11 Å². The summed E-state index contributed by atoms with van der Waals surface area (Å²) in [5.74, 6) is 1.09. The summed E-state index contributed by atoms with van der Waals surface area (Å²) in [6.07, 6.45) is 2.20. The maximum Gasteiger partial charge on any atom is 0.319 e. The predicted octanol–water partition coefficient (Wildman–Crippen LogP) is 1.83. The highest BCUT2D eigenvalue weighted by atomic mass is 16.5. The number of carbonyl (C=O) groups excluding carboxylic acids is 1. The predicted molar refractivity (Wildman–Crippen MR) is 91.0 cm³/mol. The van der Waals surface area contributed by atoms with Crippen LogP contribution in [0.25, 0.3) is 0 Å². The Morgan fingerprint density at radius 2 is 2.30 bits per heavy atom. The van der Waals surface area contributed by atoms with Crippen LogP contribution in [0.2, 0.25) is 0 Å². The summed E-state index contributed by atoms with van der Waals surface area (Å²) in [6.45, 7) is 5.54. The lowest BCUT2D eigenvalue weighted by Crippen LogP contribution is -2.42. The summed E-state index contributed by atoms with van der Waals surface area (Å²) in [5.41, 5.74) is 1.74. The fourth-order valence-corrected chi connectivity index (χ4v) is 2.86. The molecule has 0 saturated carbocycles. The van der Waals surface area contributed by atoms with Crippen molar-refractivity contribution in [2.24, 2.45) is 5.92 Å². The number of rotatable bonds is 6. The van der Waals surface area contributed by atoms with Gasteiger partial charge in [-0.3, -0.25) is 0 Å². The molecule has 6 heteroatoms. The van der Waals surface area contributed by atoms with Gasteiger partial charge in [-0.15, -0.1) is 0 Å². The summed E-state index contributed by atoms with van der Waals surface area (Å²) in [4.78, 5) is 14.3. The van der Waals surface area contributed by atoms with E-state index in [0.717, 1.165) is 43.7 Å². The molecule has 0 spiro atoms. The normalized spacial score (nSPS) is 18.5. The van der Waals surface area contributed by atoms with Gasteiger partial charge in [0, 0.05) is 38.0 Å². The number of hydrogen-bond donors (Lipinski definition) is 3. The number of aliphatic hydroxyl groups excluding tert-OH is 1. The second-order valence-corrected chi connectivity index (χ2v) is 6.05. The number of likely N-dealkylation sites (tertiary alicyclic amines) is 1. The molecule has 0 radical (unpaired) electrons. The lowest BCUT2D eigenvalue weighted by atomic mass is 9.99. The van der Waals surface area contributed by atoms with E-state index >= 15 is 0 Å². The average Bonchev–Trinajstić information content (AvgIpc) is 2.57. The number of nitrogens with one attached hydrogen (secondary N) is 2. The number of nitrogens with zero attached hydrogens (tertiary/aromatic N) is 1. The number of aryl methyl sites for hydroxylation is 1. The second-order valence-electron chi connectivity index (χ2n) is 6.05. The topological polar surface area (TPSA) is 73.8 Å². The van der Waals surface area contributed by atoms with Crippen molar-refractivity contribution in [3.8, 4) is 5.75 Å². The van der Waals surface area contributed by atoms with Crippen LogP contribution < -0.4 is 15.4 Å². The fraction of sp³-hybridized carbons (Fsp3) is 0.588. The number of urea groups is 1. The SMILES string of the molecule is COc1ccc(C)c(NC(=O)NCCN2CCC[C@H](CO)C2)c1. The lowest BCUT2D eigenvalue weighted by molar-refractivity contribution is 0.121. The molecule has 2 amide bonds. The number of amides is 2. The Labute approximate surface area is 137 Å². The van der Waals surface area contributed by atoms with Crippen LogP contribution in [0.4, 0.5) is 10.5 Å². The standard InChI is InChI=1S/C17H27N3O3/c1-13-5-6-15(23-2)10-16(13)19-17(22)18-7-9-20-8-3-4-14(11-20)12-21/h5-6,10,14,21H,3-4,7-9,11-12H2,1-2H3,(H2,18,19,22)/t14-/m0/s1. The van der Waals surface area contributed by atoms with Gasteiger partial charge in [-0.1, -0.05) is 6.07 Å². The third kappa shape index (κ3) is 5.41. The van der Waals surface area contributed by atoms with Crippen molar-refractivity contribution in [1.82, 2.24) is 10.2 Å². The lowest BCUT2D eigenvalue weighted by Gasteiger charge is -2.31. The van der Waals surface area contributed by atoms with Gasteiger partial charge in [0.15, 0.2) is 0 Å². The molecule has 1 aliphatic heterocycles. The Hall–Kier alpha value is -1.79. The molecule has 1 fully saturated rings. The fourth-order valence-electron chi connectivity index (χ4n) is 2.86. The first kappa shape index (κ1) is 17.6. The highest BCUT2D eigenvalue weighted by Gasteiger charge is 2.18. The van der Waals surface area contributed by atoms with Gasteiger partial charge in [-0.05, 0) is 43.9 Å². The third-order valence-electron chi connectivity index (χ3n) is 4.27. The van der Waals surface area contributed by atoms with Crippen molar-refractivity contribution in [1.29, 1.82) is 0 Å². The molecule has 2 rings (SSSR count). The third-order valence-corrected chi connectivity index (χ3v) is 4.27. The van der Waals surface area contributed by atoms with Crippen molar-refractivity contribution in [3.63, 3.8) is 0 Å². The number of anilines is 1. The van der Waals surface area contributed by atoms with E-state index in [4.69, 9.17) is 4.74 Å². The second kappa shape index (κ2) is 8.74. The van der Waals surface area contributed by atoms with Gasteiger partial charge in [0.05, 0.1) is 7.11 Å². The number of ether oxygens (including phenoxy) is 1. The van der Waals surface area contributed by atoms with Crippen LogP contribution in [-0.4, -0.2) is 55.9 Å². The first-order valence-corrected chi connectivity index (χ1v) is 8.15. The molecule has 0 unspecified atom stereocenters. The van der Waals surface area contributed by atoms with Crippen molar-refractivity contribution < 1.29 is 14.6 Å². The molecule has 0 aliphatic carbocycles. The minimum absolute atomic E-state index is 0.211. The number of benzene rings is 1. The van der Waals surface area contributed by atoms with Gasteiger partial charge in [-0.25, -0.2) is 4.79 Å². The van der Waals surface area contributed by atoms with Gasteiger partial charge in [0.1, 0.15) is 5.75 Å². The van der Waals surface area contributed by atoms with Crippen LogP contribution in [-0.2, 0) is 0 Å². The molecular weight excluding hydrogens is 294 g/mol. The largest absolute Gasteiger partial charge is 0.497 e. The van der Waals surface area contributed by atoms with Crippen LogP contribution in [0.3, 0.4) is 0 Å². The number of carbonyl (C=O) groups is 1. The molecule has 1 aromatic carbocycles. The molecule has 1 aromatic rings. The van der Waals surface area contributed by atoms with Crippen LogP contribution in [0.5, 0.6) is 5.75 Å². The maximum absolute atomic E-state index is 12.0. The molecule has 6 nitrogen and oxygen atoms in total. The number of aliphatic hydroxyl groups is 1. The van der Waals surface area contributed by atoms with E-state index in [1.807, 2.05) is 25.1 Å². The first-order chi connectivity index (χ1) is 11.1. The van der Waals surface area contributed by atoms with E-state index in [-0.39, 0.29) is 12.6 Å². The Kier molecular flexibility index (Phi) is 6.67. The van der Waals surface area contributed by atoms with Crippen LogP contribution >= 0.6 is 0 Å². The van der Waals surface area contributed by atoms with Crippen LogP contribution in [0.15, 0.2) is 18.2 Å². The van der Waals surface area contributed by atoms with Crippen molar-refractivity contribution in [2.45, 2.75) is 19.8 Å². The zero-order chi connectivity index (χ0) is 16.7. The number of methoxy groups -OCH3 is 1. The van der Waals surface area contributed by atoms with Gasteiger partial charge in [0.25, 0.3) is 0 Å².